The lowest BCUT2D eigenvalue weighted by Crippen LogP contribution is -2.64. The molecule has 0 radical (unpaired) electrons. The average Bonchev–Trinajstić information content (AvgIpc) is 1.74. The zero-order chi connectivity index (χ0) is 66.8. The first-order valence-electron chi connectivity index (χ1n) is 30.6. The summed E-state index contributed by atoms with van der Waals surface area (Å²) in [4.78, 5) is 120. The molecule has 5 aliphatic rings. The highest BCUT2D eigenvalue weighted by atomic mass is 32.2. The number of carbonyl (C=O) groups is 8. The van der Waals surface area contributed by atoms with E-state index >= 15 is 0 Å². The monoisotopic (exact) mass is 1330 g/mol. The lowest BCUT2D eigenvalue weighted by molar-refractivity contribution is -0.433. The molecule has 4 saturated heterocycles. The van der Waals surface area contributed by atoms with Crippen molar-refractivity contribution >= 4 is 76.6 Å². The number of phenols is 1. The van der Waals surface area contributed by atoms with E-state index in [2.05, 4.69) is 68.1 Å². The topological polar surface area (TPSA) is 451 Å². The maximum absolute atomic E-state index is 14.7. The number of aromatic nitrogens is 2. The molecule has 504 valence electrons. The Balaban J connectivity index is 0.961. The van der Waals surface area contributed by atoms with Gasteiger partial charge in [-0.3, -0.25) is 43.3 Å². The number of amides is 8. The van der Waals surface area contributed by atoms with E-state index in [0.29, 0.717) is 21.6 Å². The molecule has 8 amide bonds. The molecule has 9 rings (SSSR count). The molecule has 5 fully saturated rings. The van der Waals surface area contributed by atoms with Gasteiger partial charge in [-0.2, -0.15) is 0 Å². The van der Waals surface area contributed by atoms with Crippen molar-refractivity contribution in [1.29, 1.82) is 0 Å². The number of anilines is 1. The van der Waals surface area contributed by atoms with Crippen LogP contribution in [0.2, 0.25) is 0 Å². The smallest absolute Gasteiger partial charge is 0.261 e. The zero-order valence-corrected chi connectivity index (χ0v) is 52.5. The van der Waals surface area contributed by atoms with E-state index in [9.17, 15) is 74.1 Å². The van der Waals surface area contributed by atoms with Crippen molar-refractivity contribution in [3.63, 3.8) is 0 Å². The number of hydrogen-bond donors (Lipinski definition) is 14. The summed E-state index contributed by atoms with van der Waals surface area (Å²) in [5.74, 6) is -11.0. The number of phenolic OH excluding ortho intramolecular Hbond substituents is 1. The fourth-order valence-corrected chi connectivity index (χ4v) is 13.6. The van der Waals surface area contributed by atoms with E-state index in [1.807, 2.05) is 12.1 Å². The number of carbonyl (C=O) groups excluding carboxylic acids is 8. The van der Waals surface area contributed by atoms with E-state index in [4.69, 9.17) is 15.2 Å². The second-order valence-electron chi connectivity index (χ2n) is 24.1. The number of benzene rings is 3. The summed E-state index contributed by atoms with van der Waals surface area (Å²) in [6.07, 6.45) is -7.11. The Morgan fingerprint density at radius 1 is 0.753 bits per heavy atom. The largest absolute Gasteiger partial charge is 0.504 e. The number of nitrogens with one attached hydrogen (secondary N) is 5. The third kappa shape index (κ3) is 17.2. The maximum Gasteiger partial charge on any atom is 0.261 e. The minimum atomic E-state index is -2.22. The fourth-order valence-electron chi connectivity index (χ4n) is 12.5. The van der Waals surface area contributed by atoms with Gasteiger partial charge in [-0.15, -0.1) is 10.2 Å². The molecule has 0 bridgehead atoms. The van der Waals surface area contributed by atoms with E-state index in [1.54, 1.807) is 12.1 Å². The van der Waals surface area contributed by atoms with Gasteiger partial charge in [-0.05, 0) is 73.9 Å². The van der Waals surface area contributed by atoms with E-state index in [1.165, 1.54) is 68.6 Å². The number of rotatable bonds is 17. The first-order chi connectivity index (χ1) is 44.5. The SMILES string of the molecule is CC(O)C1NC(=O)C(NC(=O)c2ccc(-c3nnc(-c4ccc(N5CCN(C6CCCCC6)CC5)cc4)s3)cc2)CC(O)CNC(=O)C2C(O)C(C)CN2C(=O)C(C(O)CC(N)=O)NC(=O)C(C(O)Cc2ccc(O)c(OSOOO)c2)NC(=O)C2CC(O)CN2C1=O. The molecule has 4 aromatic rings. The van der Waals surface area contributed by atoms with Gasteiger partial charge in [-0.1, -0.05) is 65.1 Å². The molecular formula is C60H78N12O19S2. The number of piperazine rings is 1. The summed E-state index contributed by atoms with van der Waals surface area (Å²) < 4.78 is 9.31. The third-order valence-corrected chi connectivity index (χ3v) is 18.9. The highest BCUT2D eigenvalue weighted by Crippen LogP contribution is 2.34. The predicted molar refractivity (Wildman–Crippen MR) is 331 cm³/mol. The van der Waals surface area contributed by atoms with Crippen molar-refractivity contribution in [2.75, 3.05) is 50.7 Å². The molecule has 4 aliphatic heterocycles. The Labute approximate surface area is 542 Å². The van der Waals surface area contributed by atoms with Crippen LogP contribution in [0, 0.1) is 5.92 Å². The van der Waals surface area contributed by atoms with Gasteiger partial charge in [0.15, 0.2) is 11.5 Å². The van der Waals surface area contributed by atoms with Crippen LogP contribution in [-0.2, 0) is 49.4 Å². The second kappa shape index (κ2) is 31.5. The zero-order valence-electron chi connectivity index (χ0n) is 50.9. The number of nitrogens with zero attached hydrogens (tertiary/aromatic N) is 6. The van der Waals surface area contributed by atoms with Gasteiger partial charge in [-0.25, -0.2) is 5.26 Å². The summed E-state index contributed by atoms with van der Waals surface area (Å²) >= 11 is 1.40. The van der Waals surface area contributed by atoms with Gasteiger partial charge in [0.25, 0.3) is 18.2 Å². The summed E-state index contributed by atoms with van der Waals surface area (Å²) in [5, 5.41) is 113. The van der Waals surface area contributed by atoms with Gasteiger partial charge in [0, 0.05) is 99.4 Å². The first-order valence-corrected chi connectivity index (χ1v) is 32.1. The van der Waals surface area contributed by atoms with Crippen LogP contribution in [0.1, 0.15) is 81.1 Å². The standard InChI is InChI=1S/C60H78N12O19S2/c1-30-28-72-50(51(30)80)56(85)62-27-38(74)24-40(63-52(81)33-9-11-34(12-10-33)57-67-68-58(92-57)35-13-15-37(16-14-35)70-20-18-69(19-21-70)36-6-4-3-5-7-36)53(82)64-47(31(2)73)59(86)71-29-39(75)25-41(71)54(83)65-48(55(84)66-49(60(72)87)44(78)26-46(61)79)43(77)22-32-8-17-42(76)45(23-32)89-93-91-90-88/h8-17,23,30-31,36,38-41,43-44,47-51,73-78,80,88H,3-7,18-22,24-29H2,1-2H3,(H2,61,79)(H,62,85)(H,63,81)(H,64,82)(H,65,83)(H,66,84). The number of hydrogen-bond acceptors (Lipinski definition) is 25. The normalized spacial score (nSPS) is 27.0. The minimum Gasteiger partial charge on any atom is -0.504 e. The molecule has 33 heteroatoms. The summed E-state index contributed by atoms with van der Waals surface area (Å²) in [6.45, 7) is 4.85. The summed E-state index contributed by atoms with van der Waals surface area (Å²) in [5.41, 5.74) is 8.13. The van der Waals surface area contributed by atoms with Gasteiger partial charge in [0.1, 0.15) is 46.3 Å². The van der Waals surface area contributed by atoms with Gasteiger partial charge < -0.3 is 86.9 Å². The number of β-amino-alcohol motifs (C(OH)–C–C–N with tert-alkyl or cyclic N) is 1. The molecule has 13 atom stereocenters. The van der Waals surface area contributed by atoms with Crippen molar-refractivity contribution < 1.29 is 92.9 Å². The van der Waals surface area contributed by atoms with Crippen molar-refractivity contribution in [1.82, 2.24) is 51.5 Å². The van der Waals surface area contributed by atoms with Crippen LogP contribution in [0.25, 0.3) is 21.1 Å². The number of nitrogens with two attached hydrogens (primary N) is 1. The summed E-state index contributed by atoms with van der Waals surface area (Å²) in [6, 6.07) is 6.88. The van der Waals surface area contributed by atoms with Crippen molar-refractivity contribution in [2.45, 2.75) is 151 Å². The molecule has 15 N–H and O–H groups in total. The molecule has 0 spiro atoms. The van der Waals surface area contributed by atoms with E-state index in [-0.39, 0.29) is 29.2 Å². The minimum absolute atomic E-state index is 0.0187. The molecule has 31 nitrogen and oxygen atoms in total. The predicted octanol–water partition coefficient (Wildman–Crippen LogP) is -1.78. The third-order valence-electron chi connectivity index (χ3n) is 17.5. The van der Waals surface area contributed by atoms with Crippen LogP contribution in [0.15, 0.2) is 66.7 Å². The quantitative estimate of drug-likeness (QED) is 0.0240. The molecule has 93 heavy (non-hydrogen) atoms. The second-order valence-corrected chi connectivity index (χ2v) is 25.5. The first kappa shape index (κ1) is 69.7. The Morgan fingerprint density at radius 3 is 2.03 bits per heavy atom. The number of aromatic hydroxyl groups is 1. The van der Waals surface area contributed by atoms with Crippen molar-refractivity contribution in [3.8, 4) is 32.6 Å². The van der Waals surface area contributed by atoms with Crippen LogP contribution < -0.4 is 41.4 Å². The van der Waals surface area contributed by atoms with Gasteiger partial charge in [0.2, 0.25) is 41.4 Å². The summed E-state index contributed by atoms with van der Waals surface area (Å²) in [7, 11) is 0. The molecule has 1 aromatic heterocycles. The lowest BCUT2D eigenvalue weighted by atomic mass is 9.94. The fraction of sp³-hybridized carbons (Fsp3) is 0.533. The molecule has 1 saturated carbocycles. The van der Waals surface area contributed by atoms with E-state index < -0.39 is 177 Å². The van der Waals surface area contributed by atoms with Crippen molar-refractivity contribution in [2.24, 2.45) is 11.7 Å². The van der Waals surface area contributed by atoms with Gasteiger partial charge in [0.05, 0.1) is 43.0 Å². The van der Waals surface area contributed by atoms with E-state index in [0.717, 1.165) is 66.3 Å². The molecule has 13 unspecified atom stereocenters. The lowest BCUT2D eigenvalue weighted by Gasteiger charge is -2.41. The van der Waals surface area contributed by atoms with Crippen LogP contribution in [0.5, 0.6) is 11.5 Å². The maximum atomic E-state index is 14.7. The Bertz CT molecular complexity index is 3300. The molecular weight excluding hydrogens is 1260 g/mol. The average molecular weight is 1340 g/mol. The number of primary amides is 1. The van der Waals surface area contributed by atoms with Crippen LogP contribution >= 0.6 is 23.7 Å². The highest BCUT2D eigenvalue weighted by molar-refractivity contribution is 7.90. The Hall–Kier alpha value is -7.67. The number of aliphatic hydroxyl groups is 6. The number of aliphatic hydroxyl groups excluding tert-OH is 6. The van der Waals surface area contributed by atoms with Crippen molar-refractivity contribution in [3.05, 3.63) is 77.9 Å². The molecule has 5 heterocycles. The Kier molecular flexibility index (Phi) is 23.6. The molecule has 3 aromatic carbocycles. The van der Waals surface area contributed by atoms with Crippen LogP contribution in [0.4, 0.5) is 5.69 Å². The molecule has 1 aliphatic carbocycles. The highest BCUT2D eigenvalue weighted by Gasteiger charge is 2.50. The van der Waals surface area contributed by atoms with Gasteiger partial charge >= 0.3 is 0 Å². The van der Waals surface area contributed by atoms with Crippen LogP contribution in [-0.4, -0.2) is 238 Å². The number of fused-ring (bicyclic) bond motifs is 2. The Morgan fingerprint density at radius 2 is 1.39 bits per heavy atom. The van der Waals surface area contributed by atoms with Crippen LogP contribution in [0.3, 0.4) is 0 Å².